The van der Waals surface area contributed by atoms with Crippen molar-refractivity contribution in [3.05, 3.63) is 64.2 Å². The Balaban J connectivity index is 1.55. The van der Waals surface area contributed by atoms with Crippen LogP contribution in [-0.4, -0.2) is 19.0 Å². The van der Waals surface area contributed by atoms with Crippen molar-refractivity contribution in [3.63, 3.8) is 0 Å². The van der Waals surface area contributed by atoms with Gasteiger partial charge in [-0.05, 0) is 43.5 Å². The number of hydrogen-bond acceptors (Lipinski definition) is 3. The molecule has 1 saturated heterocycles. The number of rotatable bonds is 4. The van der Waals surface area contributed by atoms with E-state index in [0.29, 0.717) is 17.1 Å². The third-order valence-electron chi connectivity index (χ3n) is 4.87. The van der Waals surface area contributed by atoms with E-state index in [4.69, 9.17) is 11.6 Å². The molecule has 0 spiro atoms. The van der Waals surface area contributed by atoms with Gasteiger partial charge in [0.1, 0.15) is 6.07 Å². The van der Waals surface area contributed by atoms with Gasteiger partial charge in [-0.25, -0.2) is 0 Å². The van der Waals surface area contributed by atoms with E-state index in [0.717, 1.165) is 37.2 Å². The number of benzene rings is 2. The minimum Gasteiger partial charge on any atom is -0.370 e. The van der Waals surface area contributed by atoms with Crippen molar-refractivity contribution in [2.45, 2.75) is 26.3 Å². The first-order valence-corrected chi connectivity index (χ1v) is 9.22. The molecule has 1 aliphatic heterocycles. The lowest BCUT2D eigenvalue weighted by atomic mass is 9.95. The summed E-state index contributed by atoms with van der Waals surface area (Å²) in [4.78, 5) is 14.6. The molecule has 134 valence electrons. The highest BCUT2D eigenvalue weighted by molar-refractivity contribution is 6.30. The second-order valence-corrected chi connectivity index (χ2v) is 7.17. The third kappa shape index (κ3) is 4.36. The average molecular weight is 368 g/mol. The lowest BCUT2D eigenvalue weighted by molar-refractivity contribution is -0.125. The van der Waals surface area contributed by atoms with Crippen molar-refractivity contribution >= 4 is 23.2 Å². The standard InChI is InChI=1S/C21H22ClN3O/c1-15-2-4-16(5-3-15)14-24-21(26)17-8-10-25(11-9-17)20-12-19(22)7-6-18(20)13-23/h2-7,12,17H,8-11,14H2,1H3,(H,24,26). The number of amides is 1. The number of piperidine rings is 1. The normalized spacial score (nSPS) is 14.7. The number of anilines is 1. The Hall–Kier alpha value is -2.51. The number of nitrogens with one attached hydrogen (secondary N) is 1. The Morgan fingerprint density at radius 3 is 2.58 bits per heavy atom. The van der Waals surface area contributed by atoms with E-state index in [-0.39, 0.29) is 11.8 Å². The average Bonchev–Trinajstić information content (AvgIpc) is 2.67. The van der Waals surface area contributed by atoms with Crippen LogP contribution < -0.4 is 10.2 Å². The van der Waals surface area contributed by atoms with Gasteiger partial charge in [-0.2, -0.15) is 5.26 Å². The minimum absolute atomic E-state index is 0.0152. The van der Waals surface area contributed by atoms with Gasteiger partial charge in [-0.1, -0.05) is 41.4 Å². The van der Waals surface area contributed by atoms with E-state index in [1.165, 1.54) is 5.56 Å². The van der Waals surface area contributed by atoms with E-state index in [1.54, 1.807) is 12.1 Å². The molecule has 5 heteroatoms. The van der Waals surface area contributed by atoms with Crippen LogP contribution in [-0.2, 0) is 11.3 Å². The fraction of sp³-hybridized carbons (Fsp3) is 0.333. The first-order chi connectivity index (χ1) is 12.6. The van der Waals surface area contributed by atoms with Gasteiger partial charge in [-0.3, -0.25) is 4.79 Å². The highest BCUT2D eigenvalue weighted by Gasteiger charge is 2.26. The maximum Gasteiger partial charge on any atom is 0.223 e. The third-order valence-corrected chi connectivity index (χ3v) is 5.11. The van der Waals surface area contributed by atoms with Crippen molar-refractivity contribution in [3.8, 4) is 6.07 Å². The molecule has 1 fully saturated rings. The lowest BCUT2D eigenvalue weighted by Gasteiger charge is -2.33. The zero-order valence-corrected chi connectivity index (χ0v) is 15.6. The summed E-state index contributed by atoms with van der Waals surface area (Å²) < 4.78 is 0. The summed E-state index contributed by atoms with van der Waals surface area (Å²) >= 11 is 6.08. The molecule has 0 saturated carbocycles. The van der Waals surface area contributed by atoms with Gasteiger partial charge in [0.25, 0.3) is 0 Å². The maximum absolute atomic E-state index is 12.5. The molecule has 2 aromatic carbocycles. The number of carbonyl (C=O) groups excluding carboxylic acids is 1. The lowest BCUT2D eigenvalue weighted by Crippen LogP contribution is -2.40. The summed E-state index contributed by atoms with van der Waals surface area (Å²) in [6.45, 7) is 4.11. The second kappa shape index (κ2) is 8.25. The first-order valence-electron chi connectivity index (χ1n) is 8.84. The van der Waals surface area contributed by atoms with Crippen LogP contribution in [0.1, 0.15) is 29.5 Å². The molecule has 1 heterocycles. The zero-order chi connectivity index (χ0) is 18.5. The van der Waals surface area contributed by atoms with E-state index >= 15 is 0 Å². The molecule has 2 aromatic rings. The molecule has 0 unspecified atom stereocenters. The van der Waals surface area contributed by atoms with Crippen LogP contribution in [0.4, 0.5) is 5.69 Å². The fourth-order valence-corrected chi connectivity index (χ4v) is 3.45. The van der Waals surface area contributed by atoms with Gasteiger partial charge in [0, 0.05) is 30.6 Å². The second-order valence-electron chi connectivity index (χ2n) is 6.74. The van der Waals surface area contributed by atoms with Gasteiger partial charge < -0.3 is 10.2 Å². The van der Waals surface area contributed by atoms with Crippen molar-refractivity contribution < 1.29 is 4.79 Å². The van der Waals surface area contributed by atoms with E-state index in [9.17, 15) is 10.1 Å². The molecular formula is C21H22ClN3O. The molecule has 0 atom stereocenters. The van der Waals surface area contributed by atoms with Crippen LogP contribution in [0.15, 0.2) is 42.5 Å². The summed E-state index contributed by atoms with van der Waals surface area (Å²) in [5.74, 6) is 0.123. The first kappa shape index (κ1) is 18.3. The van der Waals surface area contributed by atoms with Crippen LogP contribution in [0.5, 0.6) is 0 Å². The summed E-state index contributed by atoms with van der Waals surface area (Å²) in [5, 5.41) is 13.0. The number of nitrogens with zero attached hydrogens (tertiary/aromatic N) is 2. The summed E-state index contributed by atoms with van der Waals surface area (Å²) in [6.07, 6.45) is 1.55. The molecule has 1 aliphatic rings. The van der Waals surface area contributed by atoms with Crippen LogP contribution in [0.25, 0.3) is 0 Å². The molecule has 1 amide bonds. The van der Waals surface area contributed by atoms with Gasteiger partial charge in [0.05, 0.1) is 11.3 Å². The SMILES string of the molecule is Cc1ccc(CNC(=O)C2CCN(c3cc(Cl)ccc3C#N)CC2)cc1. The predicted molar refractivity (Wildman–Crippen MR) is 104 cm³/mol. The van der Waals surface area contributed by atoms with Crippen molar-refractivity contribution in [1.29, 1.82) is 5.26 Å². The number of hydrogen-bond donors (Lipinski definition) is 1. The van der Waals surface area contributed by atoms with E-state index in [1.807, 2.05) is 25.1 Å². The fourth-order valence-electron chi connectivity index (χ4n) is 3.28. The topological polar surface area (TPSA) is 56.1 Å². The number of nitriles is 1. The summed E-state index contributed by atoms with van der Waals surface area (Å²) in [7, 11) is 0. The van der Waals surface area contributed by atoms with Crippen LogP contribution in [0.3, 0.4) is 0 Å². The maximum atomic E-state index is 12.5. The Kier molecular flexibility index (Phi) is 5.80. The quantitative estimate of drug-likeness (QED) is 0.886. The number of carbonyl (C=O) groups is 1. The Morgan fingerprint density at radius 1 is 1.23 bits per heavy atom. The largest absolute Gasteiger partial charge is 0.370 e. The molecule has 1 N–H and O–H groups in total. The smallest absolute Gasteiger partial charge is 0.223 e. The summed E-state index contributed by atoms with van der Waals surface area (Å²) in [6, 6.07) is 15.7. The van der Waals surface area contributed by atoms with Gasteiger partial charge in [-0.15, -0.1) is 0 Å². The zero-order valence-electron chi connectivity index (χ0n) is 14.8. The summed E-state index contributed by atoms with van der Waals surface area (Å²) in [5.41, 5.74) is 3.80. The van der Waals surface area contributed by atoms with Crippen LogP contribution >= 0.6 is 11.6 Å². The molecule has 4 nitrogen and oxygen atoms in total. The molecule has 0 radical (unpaired) electrons. The van der Waals surface area contributed by atoms with Crippen molar-refractivity contribution in [2.75, 3.05) is 18.0 Å². The highest BCUT2D eigenvalue weighted by Crippen LogP contribution is 2.28. The van der Waals surface area contributed by atoms with Crippen molar-refractivity contribution in [2.24, 2.45) is 5.92 Å². The Morgan fingerprint density at radius 2 is 1.92 bits per heavy atom. The van der Waals surface area contributed by atoms with Gasteiger partial charge in [0.15, 0.2) is 0 Å². The van der Waals surface area contributed by atoms with Crippen LogP contribution in [0.2, 0.25) is 5.02 Å². The Bertz CT molecular complexity index is 818. The van der Waals surface area contributed by atoms with E-state index < -0.39 is 0 Å². The number of halogens is 1. The molecular weight excluding hydrogens is 346 g/mol. The molecule has 0 aliphatic carbocycles. The van der Waals surface area contributed by atoms with Crippen LogP contribution in [0, 0.1) is 24.2 Å². The van der Waals surface area contributed by atoms with E-state index in [2.05, 4.69) is 28.4 Å². The van der Waals surface area contributed by atoms with Crippen molar-refractivity contribution in [1.82, 2.24) is 5.32 Å². The molecule has 0 aromatic heterocycles. The Labute approximate surface area is 159 Å². The van der Waals surface area contributed by atoms with Gasteiger partial charge in [0.2, 0.25) is 5.91 Å². The van der Waals surface area contributed by atoms with Gasteiger partial charge >= 0.3 is 0 Å². The minimum atomic E-state index is 0.0152. The molecule has 0 bridgehead atoms. The molecule has 26 heavy (non-hydrogen) atoms. The monoisotopic (exact) mass is 367 g/mol. The number of aryl methyl sites for hydroxylation is 1. The molecule has 3 rings (SSSR count). The highest BCUT2D eigenvalue weighted by atomic mass is 35.5. The predicted octanol–water partition coefficient (Wildman–Crippen LogP) is 4.05.